The Balaban J connectivity index is 1.31. The molecule has 2 N–H and O–H groups in total. The standard InChI is InChI=1S/C26H30N2O5/c1-16(13-24(29)28-14-18(25(30)31)12-11-17(28)2)27-26(32)33-15-23-21-9-5-3-7-19(21)20-8-4-6-10-22(20)23/h3-10,16-18,23H,11-15H2,1-2H3,(H,27,32)(H,30,31)/t16-,17?,18?/m0/s1. The third-order valence-corrected chi connectivity index (χ3v) is 6.74. The molecule has 2 unspecified atom stereocenters. The topological polar surface area (TPSA) is 95.9 Å². The molecule has 3 atom stereocenters. The van der Waals surface area contributed by atoms with Gasteiger partial charge in [-0.25, -0.2) is 4.79 Å². The number of carboxylic acid groups (broad SMARTS) is 1. The molecule has 2 amide bonds. The second-order valence-corrected chi connectivity index (χ2v) is 9.08. The lowest BCUT2D eigenvalue weighted by molar-refractivity contribution is -0.147. The Bertz CT molecular complexity index is 1010. The lowest BCUT2D eigenvalue weighted by Crippen LogP contribution is -2.49. The highest BCUT2D eigenvalue weighted by atomic mass is 16.5. The van der Waals surface area contributed by atoms with E-state index in [0.717, 1.165) is 22.3 Å². The molecule has 174 valence electrons. The highest BCUT2D eigenvalue weighted by Crippen LogP contribution is 2.44. The van der Waals surface area contributed by atoms with E-state index in [0.29, 0.717) is 12.8 Å². The summed E-state index contributed by atoms with van der Waals surface area (Å²) in [5, 5.41) is 12.0. The van der Waals surface area contributed by atoms with Crippen LogP contribution < -0.4 is 5.32 Å². The third-order valence-electron chi connectivity index (χ3n) is 6.74. The van der Waals surface area contributed by atoms with Crippen molar-refractivity contribution in [1.82, 2.24) is 10.2 Å². The van der Waals surface area contributed by atoms with Crippen LogP contribution in [0, 0.1) is 5.92 Å². The van der Waals surface area contributed by atoms with E-state index in [1.54, 1.807) is 11.8 Å². The zero-order valence-electron chi connectivity index (χ0n) is 19.0. The van der Waals surface area contributed by atoms with Gasteiger partial charge in [-0.15, -0.1) is 0 Å². The van der Waals surface area contributed by atoms with Crippen molar-refractivity contribution in [3.8, 4) is 11.1 Å². The number of fused-ring (bicyclic) bond motifs is 3. The maximum Gasteiger partial charge on any atom is 0.407 e. The number of alkyl carbamates (subject to hydrolysis) is 1. The van der Waals surface area contributed by atoms with Crippen molar-refractivity contribution in [2.24, 2.45) is 5.92 Å². The van der Waals surface area contributed by atoms with Gasteiger partial charge in [0.15, 0.2) is 0 Å². The molecular formula is C26H30N2O5. The summed E-state index contributed by atoms with van der Waals surface area (Å²) in [7, 11) is 0. The average molecular weight is 451 g/mol. The summed E-state index contributed by atoms with van der Waals surface area (Å²) in [6.45, 7) is 4.11. The number of nitrogens with one attached hydrogen (secondary N) is 1. The van der Waals surface area contributed by atoms with Crippen molar-refractivity contribution in [3.05, 3.63) is 59.7 Å². The zero-order valence-corrected chi connectivity index (χ0v) is 19.0. The fourth-order valence-corrected chi connectivity index (χ4v) is 4.93. The predicted octanol–water partition coefficient (Wildman–Crippen LogP) is 4.02. The number of piperidine rings is 1. The van der Waals surface area contributed by atoms with Gasteiger partial charge in [-0.05, 0) is 48.9 Å². The van der Waals surface area contributed by atoms with Crippen molar-refractivity contribution in [1.29, 1.82) is 0 Å². The Morgan fingerprint density at radius 1 is 1.06 bits per heavy atom. The first-order valence-corrected chi connectivity index (χ1v) is 11.5. The summed E-state index contributed by atoms with van der Waals surface area (Å²) >= 11 is 0. The van der Waals surface area contributed by atoms with Crippen LogP contribution in [0.5, 0.6) is 0 Å². The highest BCUT2D eigenvalue weighted by molar-refractivity contribution is 5.80. The largest absolute Gasteiger partial charge is 0.481 e. The van der Waals surface area contributed by atoms with E-state index in [4.69, 9.17) is 4.74 Å². The molecule has 2 aromatic rings. The molecule has 0 spiro atoms. The number of carbonyl (C=O) groups is 3. The second-order valence-electron chi connectivity index (χ2n) is 9.08. The van der Waals surface area contributed by atoms with Gasteiger partial charge in [-0.3, -0.25) is 9.59 Å². The summed E-state index contributed by atoms with van der Waals surface area (Å²) < 4.78 is 5.55. The highest BCUT2D eigenvalue weighted by Gasteiger charge is 2.33. The van der Waals surface area contributed by atoms with E-state index in [1.165, 1.54) is 0 Å². The van der Waals surface area contributed by atoms with Gasteiger partial charge in [0.1, 0.15) is 6.61 Å². The Labute approximate surface area is 193 Å². The molecule has 0 saturated carbocycles. The zero-order chi connectivity index (χ0) is 23.5. The van der Waals surface area contributed by atoms with Crippen molar-refractivity contribution >= 4 is 18.0 Å². The van der Waals surface area contributed by atoms with Crippen LogP contribution >= 0.6 is 0 Å². The summed E-state index contributed by atoms with van der Waals surface area (Å²) in [5.41, 5.74) is 4.61. The fourth-order valence-electron chi connectivity index (χ4n) is 4.93. The lowest BCUT2D eigenvalue weighted by atomic mass is 9.93. The van der Waals surface area contributed by atoms with Crippen LogP contribution in [0.25, 0.3) is 11.1 Å². The molecule has 0 aromatic heterocycles. The third kappa shape index (κ3) is 4.87. The Hall–Kier alpha value is -3.35. The molecule has 1 saturated heterocycles. The van der Waals surface area contributed by atoms with Gasteiger partial charge in [-0.2, -0.15) is 0 Å². The minimum atomic E-state index is -0.871. The van der Waals surface area contributed by atoms with Crippen LogP contribution in [0.15, 0.2) is 48.5 Å². The number of carboxylic acids is 1. The molecule has 33 heavy (non-hydrogen) atoms. The van der Waals surface area contributed by atoms with E-state index in [2.05, 4.69) is 29.6 Å². The normalized spacial score (nSPS) is 20.5. The summed E-state index contributed by atoms with van der Waals surface area (Å²) in [4.78, 5) is 38.2. The van der Waals surface area contributed by atoms with Crippen LogP contribution in [0.2, 0.25) is 0 Å². The number of hydrogen-bond acceptors (Lipinski definition) is 4. The van der Waals surface area contributed by atoms with E-state index < -0.39 is 24.0 Å². The first-order chi connectivity index (χ1) is 15.8. The van der Waals surface area contributed by atoms with Gasteiger partial charge >= 0.3 is 12.1 Å². The molecule has 0 bridgehead atoms. The summed E-state index contributed by atoms with van der Waals surface area (Å²) in [5.74, 6) is -1.58. The summed E-state index contributed by atoms with van der Waals surface area (Å²) in [6.07, 6.45) is 0.776. The molecule has 2 aromatic carbocycles. The Morgan fingerprint density at radius 2 is 1.67 bits per heavy atom. The van der Waals surface area contributed by atoms with Crippen LogP contribution in [-0.4, -0.2) is 53.2 Å². The molecule has 7 nitrogen and oxygen atoms in total. The molecule has 1 aliphatic carbocycles. The molecular weight excluding hydrogens is 420 g/mol. The average Bonchev–Trinajstić information content (AvgIpc) is 3.11. The van der Waals surface area contributed by atoms with E-state index in [9.17, 15) is 19.5 Å². The fraction of sp³-hybridized carbons (Fsp3) is 0.423. The molecule has 1 heterocycles. The van der Waals surface area contributed by atoms with E-state index in [1.807, 2.05) is 31.2 Å². The number of nitrogens with zero attached hydrogens (tertiary/aromatic N) is 1. The van der Waals surface area contributed by atoms with E-state index in [-0.39, 0.29) is 37.4 Å². The van der Waals surface area contributed by atoms with Gasteiger partial charge in [-0.1, -0.05) is 48.5 Å². The van der Waals surface area contributed by atoms with Crippen LogP contribution in [0.4, 0.5) is 4.79 Å². The molecule has 4 rings (SSSR count). The molecule has 1 aliphatic heterocycles. The number of rotatable bonds is 6. The van der Waals surface area contributed by atoms with E-state index >= 15 is 0 Å². The number of amides is 2. The monoisotopic (exact) mass is 450 g/mol. The van der Waals surface area contributed by atoms with Crippen molar-refractivity contribution in [2.75, 3.05) is 13.2 Å². The molecule has 2 aliphatic rings. The number of carbonyl (C=O) groups excluding carboxylic acids is 2. The molecule has 7 heteroatoms. The SMILES string of the molecule is CC1CCC(C(=O)O)CN1C(=O)C[C@H](C)NC(=O)OCC1c2ccccc2-c2ccccc21. The molecule has 1 fully saturated rings. The van der Waals surface area contributed by atoms with Crippen molar-refractivity contribution in [3.63, 3.8) is 0 Å². The van der Waals surface area contributed by atoms with Gasteiger partial charge < -0.3 is 20.1 Å². The first-order valence-electron chi connectivity index (χ1n) is 11.5. The first kappa shape index (κ1) is 22.8. The Morgan fingerprint density at radius 3 is 2.27 bits per heavy atom. The maximum absolute atomic E-state index is 12.8. The van der Waals surface area contributed by atoms with Gasteiger partial charge in [0.25, 0.3) is 0 Å². The molecule has 0 radical (unpaired) electrons. The van der Waals surface area contributed by atoms with Crippen molar-refractivity contribution in [2.45, 2.75) is 51.1 Å². The van der Waals surface area contributed by atoms with Crippen molar-refractivity contribution < 1.29 is 24.2 Å². The number of ether oxygens (including phenoxy) is 1. The minimum Gasteiger partial charge on any atom is -0.481 e. The maximum atomic E-state index is 12.8. The smallest absolute Gasteiger partial charge is 0.407 e. The van der Waals surface area contributed by atoms with Crippen LogP contribution in [-0.2, 0) is 14.3 Å². The Kier molecular flexibility index (Phi) is 6.67. The van der Waals surface area contributed by atoms with Crippen LogP contribution in [0.1, 0.15) is 50.2 Å². The quantitative estimate of drug-likeness (QED) is 0.693. The van der Waals surface area contributed by atoms with Gasteiger partial charge in [0.2, 0.25) is 5.91 Å². The second kappa shape index (κ2) is 9.65. The summed E-state index contributed by atoms with van der Waals surface area (Å²) in [6, 6.07) is 15.8. The number of likely N-dealkylation sites (tertiary alicyclic amines) is 1. The number of benzene rings is 2. The van der Waals surface area contributed by atoms with Crippen LogP contribution in [0.3, 0.4) is 0 Å². The number of aliphatic carboxylic acids is 1. The van der Waals surface area contributed by atoms with Gasteiger partial charge in [0.05, 0.1) is 5.92 Å². The van der Waals surface area contributed by atoms with Gasteiger partial charge in [0, 0.05) is 31.0 Å². The minimum absolute atomic E-state index is 0.00486. The predicted molar refractivity (Wildman–Crippen MR) is 124 cm³/mol. The number of hydrogen-bond donors (Lipinski definition) is 2. The lowest BCUT2D eigenvalue weighted by Gasteiger charge is -2.37.